The van der Waals surface area contributed by atoms with Gasteiger partial charge in [0.1, 0.15) is 12.1 Å². The van der Waals surface area contributed by atoms with E-state index in [1.807, 2.05) is 6.92 Å². The van der Waals surface area contributed by atoms with E-state index < -0.39 is 0 Å². The number of benzene rings is 1. The molecule has 0 saturated carbocycles. The summed E-state index contributed by atoms with van der Waals surface area (Å²) in [5.41, 5.74) is 3.87. The number of methoxy groups -OCH3 is 1. The molecule has 1 unspecified atom stereocenters. The predicted octanol–water partition coefficient (Wildman–Crippen LogP) is 2.55. The van der Waals surface area contributed by atoms with E-state index in [1.165, 1.54) is 17.5 Å². The molecule has 4 nitrogen and oxygen atoms in total. The number of rotatable bonds is 4. The molecule has 0 saturated heterocycles. The van der Waals surface area contributed by atoms with Crippen molar-refractivity contribution in [3.05, 3.63) is 47.3 Å². The fraction of sp³-hybridized carbons (Fsp3) is 0.333. The maximum atomic E-state index is 5.20. The van der Waals surface area contributed by atoms with Crippen molar-refractivity contribution < 1.29 is 4.74 Å². The smallest absolute Gasteiger partial charge is 0.221 e. The minimum atomic E-state index is 0.580. The zero-order valence-electron chi connectivity index (χ0n) is 11.2. The fourth-order valence-corrected chi connectivity index (χ4v) is 2.58. The lowest BCUT2D eigenvalue weighted by atomic mass is 9.77. The second-order valence-electron chi connectivity index (χ2n) is 4.84. The lowest BCUT2D eigenvalue weighted by Crippen LogP contribution is -2.24. The Hall–Kier alpha value is -2.10. The van der Waals surface area contributed by atoms with Gasteiger partial charge in [0.2, 0.25) is 5.88 Å². The van der Waals surface area contributed by atoms with Crippen molar-refractivity contribution in [2.24, 2.45) is 0 Å². The quantitative estimate of drug-likeness (QED) is 0.912. The number of ether oxygens (including phenoxy) is 1. The molecule has 1 aromatic carbocycles. The van der Waals surface area contributed by atoms with Gasteiger partial charge in [0, 0.05) is 12.5 Å². The minimum absolute atomic E-state index is 0.580. The zero-order chi connectivity index (χ0) is 13.2. The highest BCUT2D eigenvalue weighted by Crippen LogP contribution is 2.35. The average molecular weight is 255 g/mol. The first-order valence-corrected chi connectivity index (χ1v) is 6.47. The van der Waals surface area contributed by atoms with Crippen LogP contribution in [0.3, 0.4) is 0 Å². The number of fused-ring (bicyclic) bond motifs is 1. The number of hydrogen-bond donors (Lipinski definition) is 1. The third-order valence-electron chi connectivity index (χ3n) is 3.71. The predicted molar refractivity (Wildman–Crippen MR) is 74.7 cm³/mol. The molecule has 98 valence electrons. The summed E-state index contributed by atoms with van der Waals surface area (Å²) in [6.07, 6.45) is 2.67. The maximum Gasteiger partial charge on any atom is 0.221 e. The Balaban J connectivity index is 1.68. The molecule has 2 aromatic rings. The Morgan fingerprint density at radius 2 is 2.16 bits per heavy atom. The van der Waals surface area contributed by atoms with Gasteiger partial charge in [-0.1, -0.05) is 24.3 Å². The van der Waals surface area contributed by atoms with E-state index in [1.54, 1.807) is 7.11 Å². The van der Waals surface area contributed by atoms with Crippen LogP contribution in [0.15, 0.2) is 30.6 Å². The van der Waals surface area contributed by atoms with Crippen molar-refractivity contribution in [1.29, 1.82) is 0 Å². The molecule has 0 aliphatic heterocycles. The Bertz CT molecular complexity index is 598. The molecule has 0 spiro atoms. The molecule has 0 amide bonds. The van der Waals surface area contributed by atoms with Crippen LogP contribution in [0.2, 0.25) is 0 Å². The number of anilines is 1. The molecule has 0 radical (unpaired) electrons. The molecule has 3 rings (SSSR count). The largest absolute Gasteiger partial charge is 0.481 e. The van der Waals surface area contributed by atoms with Gasteiger partial charge in [-0.15, -0.1) is 0 Å². The topological polar surface area (TPSA) is 47.0 Å². The monoisotopic (exact) mass is 255 g/mol. The van der Waals surface area contributed by atoms with Crippen molar-refractivity contribution in [1.82, 2.24) is 9.97 Å². The summed E-state index contributed by atoms with van der Waals surface area (Å²) in [6.45, 7) is 2.87. The third kappa shape index (κ3) is 2.14. The van der Waals surface area contributed by atoms with Crippen molar-refractivity contribution in [3.8, 4) is 5.88 Å². The minimum Gasteiger partial charge on any atom is -0.481 e. The van der Waals surface area contributed by atoms with Gasteiger partial charge in [-0.25, -0.2) is 9.97 Å². The van der Waals surface area contributed by atoms with Crippen LogP contribution in [-0.4, -0.2) is 23.6 Å². The molecular weight excluding hydrogens is 238 g/mol. The van der Waals surface area contributed by atoms with Crippen molar-refractivity contribution in [2.75, 3.05) is 19.0 Å². The van der Waals surface area contributed by atoms with Gasteiger partial charge in [0.15, 0.2) is 0 Å². The van der Waals surface area contributed by atoms with E-state index in [0.29, 0.717) is 11.8 Å². The molecule has 19 heavy (non-hydrogen) atoms. The van der Waals surface area contributed by atoms with Crippen LogP contribution in [0.5, 0.6) is 5.88 Å². The van der Waals surface area contributed by atoms with Crippen molar-refractivity contribution in [3.63, 3.8) is 0 Å². The van der Waals surface area contributed by atoms with Gasteiger partial charge in [-0.3, -0.25) is 0 Å². The Morgan fingerprint density at radius 1 is 1.32 bits per heavy atom. The van der Waals surface area contributed by atoms with Gasteiger partial charge in [-0.2, -0.15) is 0 Å². The van der Waals surface area contributed by atoms with Gasteiger partial charge in [-0.05, 0) is 24.5 Å². The highest BCUT2D eigenvalue weighted by Gasteiger charge is 2.25. The average Bonchev–Trinajstić information content (AvgIpc) is 2.41. The first-order chi connectivity index (χ1) is 9.29. The summed E-state index contributed by atoms with van der Waals surface area (Å²) in [5, 5.41) is 3.40. The lowest BCUT2D eigenvalue weighted by molar-refractivity contribution is 0.393. The van der Waals surface area contributed by atoms with Crippen LogP contribution in [0, 0.1) is 6.92 Å². The Labute approximate surface area is 112 Å². The first kappa shape index (κ1) is 12.0. The summed E-state index contributed by atoms with van der Waals surface area (Å²) < 4.78 is 5.20. The van der Waals surface area contributed by atoms with Crippen LogP contribution in [0.1, 0.15) is 22.6 Å². The van der Waals surface area contributed by atoms with E-state index in [4.69, 9.17) is 4.74 Å². The van der Waals surface area contributed by atoms with Gasteiger partial charge in [0.25, 0.3) is 0 Å². The molecule has 1 aromatic heterocycles. The standard InChI is InChI=1S/C15H17N3O/c1-10-14(17-9-18-15(10)19-2)16-8-12-7-11-5-3-4-6-13(11)12/h3-6,9,12H,7-8H2,1-2H3,(H,16,17,18). The van der Waals surface area contributed by atoms with Crippen molar-refractivity contribution in [2.45, 2.75) is 19.3 Å². The molecule has 1 aliphatic carbocycles. The molecule has 1 N–H and O–H groups in total. The SMILES string of the molecule is COc1ncnc(NCC2Cc3ccccc32)c1C. The summed E-state index contributed by atoms with van der Waals surface area (Å²) in [7, 11) is 1.63. The molecule has 4 heteroatoms. The summed E-state index contributed by atoms with van der Waals surface area (Å²) in [6, 6.07) is 8.61. The number of hydrogen-bond acceptors (Lipinski definition) is 4. The highest BCUT2D eigenvalue weighted by atomic mass is 16.5. The highest BCUT2D eigenvalue weighted by molar-refractivity contribution is 5.49. The van der Waals surface area contributed by atoms with Gasteiger partial charge >= 0.3 is 0 Å². The third-order valence-corrected chi connectivity index (χ3v) is 3.71. The summed E-state index contributed by atoms with van der Waals surface area (Å²) in [5.74, 6) is 2.07. The summed E-state index contributed by atoms with van der Waals surface area (Å²) >= 11 is 0. The van der Waals surface area contributed by atoms with Crippen LogP contribution in [0.25, 0.3) is 0 Å². The number of nitrogens with zero attached hydrogens (tertiary/aromatic N) is 2. The lowest BCUT2D eigenvalue weighted by Gasteiger charge is -2.30. The van der Waals surface area contributed by atoms with E-state index >= 15 is 0 Å². The zero-order valence-corrected chi connectivity index (χ0v) is 11.2. The van der Waals surface area contributed by atoms with Gasteiger partial charge in [0.05, 0.1) is 12.7 Å². The van der Waals surface area contributed by atoms with Crippen LogP contribution in [-0.2, 0) is 6.42 Å². The molecule has 1 atom stereocenters. The normalized spacial score (nSPS) is 16.4. The maximum absolute atomic E-state index is 5.20. The molecule has 1 heterocycles. The van der Waals surface area contributed by atoms with E-state index in [0.717, 1.165) is 24.3 Å². The summed E-state index contributed by atoms with van der Waals surface area (Å²) in [4.78, 5) is 8.35. The van der Waals surface area contributed by atoms with Gasteiger partial charge < -0.3 is 10.1 Å². The second-order valence-corrected chi connectivity index (χ2v) is 4.84. The van der Waals surface area contributed by atoms with Crippen LogP contribution >= 0.6 is 0 Å². The Kier molecular flexibility index (Phi) is 3.07. The van der Waals surface area contributed by atoms with Crippen LogP contribution < -0.4 is 10.1 Å². The Morgan fingerprint density at radius 3 is 2.95 bits per heavy atom. The van der Waals surface area contributed by atoms with E-state index in [-0.39, 0.29) is 0 Å². The van der Waals surface area contributed by atoms with Crippen molar-refractivity contribution >= 4 is 5.82 Å². The van der Waals surface area contributed by atoms with E-state index in [9.17, 15) is 0 Å². The molecular formula is C15H17N3O. The molecule has 0 fully saturated rings. The number of nitrogens with one attached hydrogen (secondary N) is 1. The molecule has 0 bridgehead atoms. The second kappa shape index (κ2) is 4.88. The first-order valence-electron chi connectivity index (χ1n) is 6.47. The fourth-order valence-electron chi connectivity index (χ4n) is 2.58. The van der Waals surface area contributed by atoms with E-state index in [2.05, 4.69) is 39.6 Å². The molecule has 1 aliphatic rings. The van der Waals surface area contributed by atoms with Crippen LogP contribution in [0.4, 0.5) is 5.82 Å². The number of aromatic nitrogens is 2.